The Hall–Kier alpha value is -1.19. The van der Waals surface area contributed by atoms with Gasteiger partial charge in [-0.15, -0.1) is 0 Å². The summed E-state index contributed by atoms with van der Waals surface area (Å²) in [7, 11) is 0. The number of halogens is 2. The van der Waals surface area contributed by atoms with Crippen LogP contribution in [0, 0.1) is 5.82 Å². The van der Waals surface area contributed by atoms with Crippen LogP contribution in [0.2, 0.25) is 0 Å². The molecule has 0 saturated heterocycles. The van der Waals surface area contributed by atoms with Crippen molar-refractivity contribution in [2.24, 2.45) is 5.73 Å². The van der Waals surface area contributed by atoms with Gasteiger partial charge in [-0.25, -0.2) is 4.39 Å². The van der Waals surface area contributed by atoms with Gasteiger partial charge >= 0.3 is 0 Å². The van der Waals surface area contributed by atoms with Crippen molar-refractivity contribution < 1.29 is 4.39 Å². The third kappa shape index (κ3) is 3.43. The molecule has 0 spiro atoms. The van der Waals surface area contributed by atoms with E-state index in [1.807, 2.05) is 24.3 Å². The zero-order valence-corrected chi connectivity index (χ0v) is 12.4. The standard InChI is InChI=1S/C16H17BrFN/c1-11(12-6-3-2-4-7-12)15(19)10-13-8-5-9-14(18)16(13)17/h2-9,11,15H,10,19H2,1H3. The lowest BCUT2D eigenvalue weighted by atomic mass is 9.90. The van der Waals surface area contributed by atoms with Gasteiger partial charge in [-0.1, -0.05) is 49.4 Å². The molecule has 2 unspecified atom stereocenters. The number of benzene rings is 2. The molecule has 0 radical (unpaired) electrons. The van der Waals surface area contributed by atoms with Crippen LogP contribution in [0.5, 0.6) is 0 Å². The average molecular weight is 322 g/mol. The molecule has 0 saturated carbocycles. The van der Waals surface area contributed by atoms with Crippen LogP contribution in [0.1, 0.15) is 24.0 Å². The van der Waals surface area contributed by atoms with Gasteiger partial charge in [0.05, 0.1) is 4.47 Å². The van der Waals surface area contributed by atoms with E-state index in [0.717, 1.165) is 5.56 Å². The van der Waals surface area contributed by atoms with Crippen LogP contribution in [-0.2, 0) is 6.42 Å². The first kappa shape index (κ1) is 14.2. The highest BCUT2D eigenvalue weighted by Gasteiger charge is 2.17. The quantitative estimate of drug-likeness (QED) is 0.894. The van der Waals surface area contributed by atoms with Gasteiger partial charge in [-0.2, -0.15) is 0 Å². The number of rotatable bonds is 4. The van der Waals surface area contributed by atoms with Crippen molar-refractivity contribution in [2.45, 2.75) is 25.3 Å². The predicted octanol–water partition coefficient (Wildman–Crippen LogP) is 4.26. The summed E-state index contributed by atoms with van der Waals surface area (Å²) in [6, 6.07) is 15.2. The molecule has 1 nitrogen and oxygen atoms in total. The van der Waals surface area contributed by atoms with E-state index in [2.05, 4.69) is 35.0 Å². The second kappa shape index (κ2) is 6.31. The Bertz CT molecular complexity index is 542. The molecule has 0 aliphatic carbocycles. The van der Waals surface area contributed by atoms with Crippen molar-refractivity contribution in [3.05, 3.63) is 69.9 Å². The van der Waals surface area contributed by atoms with Gasteiger partial charge in [0, 0.05) is 6.04 Å². The molecule has 0 amide bonds. The molecule has 3 heteroatoms. The summed E-state index contributed by atoms with van der Waals surface area (Å²) in [6.45, 7) is 2.10. The maximum absolute atomic E-state index is 13.5. The Morgan fingerprint density at radius 2 is 1.79 bits per heavy atom. The van der Waals surface area contributed by atoms with E-state index >= 15 is 0 Å². The van der Waals surface area contributed by atoms with Gasteiger partial charge < -0.3 is 5.73 Å². The van der Waals surface area contributed by atoms with Gasteiger partial charge in [0.2, 0.25) is 0 Å². The van der Waals surface area contributed by atoms with Crippen LogP contribution in [0.3, 0.4) is 0 Å². The fraction of sp³-hybridized carbons (Fsp3) is 0.250. The molecule has 2 N–H and O–H groups in total. The zero-order chi connectivity index (χ0) is 13.8. The molecule has 0 bridgehead atoms. The van der Waals surface area contributed by atoms with Gasteiger partial charge in [0.1, 0.15) is 5.82 Å². The summed E-state index contributed by atoms with van der Waals surface area (Å²) in [5.41, 5.74) is 8.38. The van der Waals surface area contributed by atoms with E-state index < -0.39 is 0 Å². The summed E-state index contributed by atoms with van der Waals surface area (Å²) >= 11 is 3.28. The van der Waals surface area contributed by atoms with Crippen molar-refractivity contribution in [1.82, 2.24) is 0 Å². The first-order valence-corrected chi connectivity index (χ1v) is 7.12. The molecule has 2 rings (SSSR count). The van der Waals surface area contributed by atoms with Gasteiger partial charge in [-0.05, 0) is 45.5 Å². The Kier molecular flexibility index (Phi) is 4.72. The van der Waals surface area contributed by atoms with Crippen LogP contribution in [-0.4, -0.2) is 6.04 Å². The molecule has 100 valence electrons. The summed E-state index contributed by atoms with van der Waals surface area (Å²) in [5.74, 6) is -0.00608. The van der Waals surface area contributed by atoms with E-state index in [9.17, 15) is 4.39 Å². The van der Waals surface area contributed by atoms with Crippen molar-refractivity contribution in [2.75, 3.05) is 0 Å². The van der Waals surface area contributed by atoms with Gasteiger partial charge in [-0.3, -0.25) is 0 Å². The summed E-state index contributed by atoms with van der Waals surface area (Å²) in [4.78, 5) is 0. The van der Waals surface area contributed by atoms with Gasteiger partial charge in [0.25, 0.3) is 0 Å². The number of hydrogen-bond acceptors (Lipinski definition) is 1. The molecule has 2 aromatic carbocycles. The molecule has 2 aromatic rings. The zero-order valence-electron chi connectivity index (χ0n) is 10.8. The lowest BCUT2D eigenvalue weighted by Gasteiger charge is -2.21. The smallest absolute Gasteiger partial charge is 0.137 e. The van der Waals surface area contributed by atoms with Crippen LogP contribution in [0.15, 0.2) is 53.0 Å². The van der Waals surface area contributed by atoms with Crippen LogP contribution in [0.25, 0.3) is 0 Å². The second-order valence-electron chi connectivity index (χ2n) is 4.78. The minimum absolute atomic E-state index is 0.0412. The maximum atomic E-state index is 13.5. The second-order valence-corrected chi connectivity index (χ2v) is 5.57. The van der Waals surface area contributed by atoms with E-state index in [0.29, 0.717) is 10.9 Å². The number of nitrogens with two attached hydrogens (primary N) is 1. The Labute approximate surface area is 121 Å². The summed E-state index contributed by atoms with van der Waals surface area (Å²) in [5, 5.41) is 0. The predicted molar refractivity (Wildman–Crippen MR) is 80.6 cm³/mol. The Morgan fingerprint density at radius 3 is 2.47 bits per heavy atom. The first-order chi connectivity index (χ1) is 9.09. The normalized spacial score (nSPS) is 14.1. The highest BCUT2D eigenvalue weighted by atomic mass is 79.9. The molecule has 0 heterocycles. The largest absolute Gasteiger partial charge is 0.327 e. The van der Waals surface area contributed by atoms with Crippen molar-refractivity contribution in [1.29, 1.82) is 0 Å². The molecule has 0 aliphatic rings. The molecular formula is C16H17BrFN. The molecular weight excluding hydrogens is 305 g/mol. The minimum atomic E-state index is -0.239. The van der Waals surface area contributed by atoms with E-state index in [4.69, 9.17) is 5.73 Å². The Balaban J connectivity index is 2.13. The molecule has 0 aromatic heterocycles. The lowest BCUT2D eigenvalue weighted by Crippen LogP contribution is -2.29. The van der Waals surface area contributed by atoms with Crippen molar-refractivity contribution >= 4 is 15.9 Å². The topological polar surface area (TPSA) is 26.0 Å². The van der Waals surface area contributed by atoms with E-state index in [-0.39, 0.29) is 17.8 Å². The van der Waals surface area contributed by atoms with Crippen LogP contribution >= 0.6 is 15.9 Å². The molecule has 0 fully saturated rings. The summed E-state index contributed by atoms with van der Waals surface area (Å²) < 4.78 is 14.0. The average Bonchev–Trinajstić information content (AvgIpc) is 2.44. The fourth-order valence-corrected chi connectivity index (χ4v) is 2.57. The lowest BCUT2D eigenvalue weighted by molar-refractivity contribution is 0.558. The van der Waals surface area contributed by atoms with Crippen LogP contribution in [0.4, 0.5) is 4.39 Å². The van der Waals surface area contributed by atoms with Crippen molar-refractivity contribution in [3.63, 3.8) is 0 Å². The highest BCUT2D eigenvalue weighted by Crippen LogP contribution is 2.25. The maximum Gasteiger partial charge on any atom is 0.137 e. The van der Waals surface area contributed by atoms with Crippen LogP contribution < -0.4 is 5.73 Å². The third-order valence-electron chi connectivity index (χ3n) is 3.45. The first-order valence-electron chi connectivity index (χ1n) is 6.33. The van der Waals surface area contributed by atoms with Gasteiger partial charge in [0.15, 0.2) is 0 Å². The SMILES string of the molecule is CC(c1ccccc1)C(N)Cc1cccc(F)c1Br. The van der Waals surface area contributed by atoms with Crippen molar-refractivity contribution in [3.8, 4) is 0 Å². The molecule has 2 atom stereocenters. The monoisotopic (exact) mass is 321 g/mol. The number of hydrogen-bond donors (Lipinski definition) is 1. The summed E-state index contributed by atoms with van der Waals surface area (Å²) in [6.07, 6.45) is 0.647. The third-order valence-corrected chi connectivity index (χ3v) is 4.34. The minimum Gasteiger partial charge on any atom is -0.327 e. The molecule has 19 heavy (non-hydrogen) atoms. The molecule has 0 aliphatic heterocycles. The van der Waals surface area contributed by atoms with E-state index in [1.165, 1.54) is 11.6 Å². The fourth-order valence-electron chi connectivity index (χ4n) is 2.14. The highest BCUT2D eigenvalue weighted by molar-refractivity contribution is 9.10. The Morgan fingerprint density at radius 1 is 1.11 bits per heavy atom. The van der Waals surface area contributed by atoms with E-state index in [1.54, 1.807) is 6.07 Å².